The molecule has 4 aromatic rings. The van der Waals surface area contributed by atoms with Gasteiger partial charge in [0.15, 0.2) is 0 Å². The van der Waals surface area contributed by atoms with Crippen LogP contribution in [0.3, 0.4) is 0 Å². The number of aromatic amines is 1. The van der Waals surface area contributed by atoms with E-state index in [1.54, 1.807) is 41.3 Å². The van der Waals surface area contributed by atoms with E-state index in [0.29, 0.717) is 40.4 Å². The van der Waals surface area contributed by atoms with Gasteiger partial charge < -0.3 is 25.4 Å². The molecule has 0 amide bonds. The standard InChI is InChI=1S/C27H29ClF2N6O2/c1-35-9-11-36(12-10-35)16-27(29,30)18-5-6-20-22(14-18)34-25(33-20)24-21(7-8-31-26(24)38)32-15-23(37)17-3-2-4-19(28)13-17/h2-8,13-14,23,37H,9-12,15-16H2,1H3,(H,33,34)(H2,31,32,38)/t23-/m0/s1. The minimum atomic E-state index is -3.04. The Bertz CT molecular complexity index is 1420. The first kappa shape index (κ1) is 26.3. The van der Waals surface area contributed by atoms with Crippen LogP contribution in [-0.2, 0) is 5.92 Å². The van der Waals surface area contributed by atoms with Gasteiger partial charge in [0.25, 0.3) is 5.92 Å². The number of rotatable bonds is 8. The molecule has 38 heavy (non-hydrogen) atoms. The fourth-order valence-corrected chi connectivity index (χ4v) is 4.80. The van der Waals surface area contributed by atoms with Crippen LogP contribution >= 0.6 is 11.6 Å². The number of aromatic nitrogens is 3. The van der Waals surface area contributed by atoms with Gasteiger partial charge in [-0.1, -0.05) is 29.8 Å². The number of piperazine rings is 1. The van der Waals surface area contributed by atoms with E-state index in [9.17, 15) is 10.2 Å². The molecule has 200 valence electrons. The van der Waals surface area contributed by atoms with Crippen LogP contribution in [0, 0.1) is 0 Å². The van der Waals surface area contributed by atoms with Gasteiger partial charge in [0.05, 0.1) is 29.4 Å². The Morgan fingerprint density at radius 2 is 1.92 bits per heavy atom. The third kappa shape index (κ3) is 5.73. The Labute approximate surface area is 223 Å². The highest BCUT2D eigenvalue weighted by molar-refractivity contribution is 6.30. The fourth-order valence-electron chi connectivity index (χ4n) is 4.60. The summed E-state index contributed by atoms with van der Waals surface area (Å²) < 4.78 is 30.4. The first-order valence-corrected chi connectivity index (χ1v) is 12.7. The molecule has 4 N–H and O–H groups in total. The zero-order chi connectivity index (χ0) is 26.9. The SMILES string of the molecule is CN1CCN(CC(F)(F)c2ccc3[nH]c(-c4c(NC[C@H](O)c5cccc(Cl)c5)ccnc4O)nc3c2)CC1. The highest BCUT2D eigenvalue weighted by Gasteiger charge is 2.35. The molecule has 0 bridgehead atoms. The second-order valence-corrected chi connectivity index (χ2v) is 10.0. The maximum absolute atomic E-state index is 15.2. The Balaban J connectivity index is 1.37. The van der Waals surface area contributed by atoms with Gasteiger partial charge in [0.2, 0.25) is 5.88 Å². The van der Waals surface area contributed by atoms with Crippen LogP contribution in [0.25, 0.3) is 22.4 Å². The van der Waals surface area contributed by atoms with Gasteiger partial charge >= 0.3 is 0 Å². The van der Waals surface area contributed by atoms with E-state index in [1.807, 2.05) is 7.05 Å². The molecule has 0 radical (unpaired) electrons. The van der Waals surface area contributed by atoms with Gasteiger partial charge in [0, 0.05) is 49.5 Å². The largest absolute Gasteiger partial charge is 0.493 e. The average Bonchev–Trinajstić information content (AvgIpc) is 3.31. The number of nitrogens with one attached hydrogen (secondary N) is 2. The lowest BCUT2D eigenvalue weighted by atomic mass is 10.1. The van der Waals surface area contributed by atoms with Crippen LogP contribution in [0.1, 0.15) is 17.2 Å². The molecule has 1 aliphatic heterocycles. The number of aliphatic hydroxyl groups is 1. The summed E-state index contributed by atoms with van der Waals surface area (Å²) in [7, 11) is 1.99. The topological polar surface area (TPSA) is 101 Å². The number of fused-ring (bicyclic) bond motifs is 1. The number of aliphatic hydroxyl groups excluding tert-OH is 1. The fraction of sp³-hybridized carbons (Fsp3) is 0.333. The second-order valence-electron chi connectivity index (χ2n) is 9.61. The minimum absolute atomic E-state index is 0.111. The molecule has 2 aromatic heterocycles. The van der Waals surface area contributed by atoms with Gasteiger partial charge in [-0.05, 0) is 42.9 Å². The molecule has 1 aliphatic rings. The summed E-state index contributed by atoms with van der Waals surface area (Å²) in [5.74, 6) is -3.06. The van der Waals surface area contributed by atoms with E-state index < -0.39 is 12.0 Å². The summed E-state index contributed by atoms with van der Waals surface area (Å²) in [4.78, 5) is 15.5. The molecule has 1 fully saturated rings. The zero-order valence-corrected chi connectivity index (χ0v) is 21.6. The Hall–Kier alpha value is -3.31. The van der Waals surface area contributed by atoms with Gasteiger partial charge in [-0.2, -0.15) is 8.78 Å². The number of anilines is 1. The highest BCUT2D eigenvalue weighted by atomic mass is 35.5. The predicted octanol–water partition coefficient (Wildman–Crippen LogP) is 4.47. The van der Waals surface area contributed by atoms with Gasteiger partial charge in [0.1, 0.15) is 11.4 Å². The Morgan fingerprint density at radius 1 is 1.13 bits per heavy atom. The van der Waals surface area contributed by atoms with Gasteiger partial charge in [-0.25, -0.2) is 9.97 Å². The van der Waals surface area contributed by atoms with Crippen molar-refractivity contribution < 1.29 is 19.0 Å². The van der Waals surface area contributed by atoms with Gasteiger partial charge in [-0.3, -0.25) is 4.90 Å². The molecule has 11 heteroatoms. The molecule has 1 atom stereocenters. The quantitative estimate of drug-likeness (QED) is 0.261. The van der Waals surface area contributed by atoms with Crippen LogP contribution < -0.4 is 5.32 Å². The second kappa shape index (κ2) is 10.8. The van der Waals surface area contributed by atoms with Crippen LogP contribution in [-0.4, -0.2) is 81.3 Å². The van der Waals surface area contributed by atoms with E-state index >= 15 is 8.78 Å². The molecule has 8 nitrogen and oxygen atoms in total. The maximum Gasteiger partial charge on any atom is 0.285 e. The average molecular weight is 543 g/mol. The lowest BCUT2D eigenvalue weighted by molar-refractivity contribution is -0.0458. The maximum atomic E-state index is 15.2. The summed E-state index contributed by atoms with van der Waals surface area (Å²) in [5.41, 5.74) is 2.17. The predicted molar refractivity (Wildman–Crippen MR) is 144 cm³/mol. The molecule has 3 heterocycles. The van der Waals surface area contributed by atoms with Crippen LogP contribution in [0.15, 0.2) is 54.7 Å². The summed E-state index contributed by atoms with van der Waals surface area (Å²) >= 11 is 6.03. The molecule has 0 unspecified atom stereocenters. The van der Waals surface area contributed by atoms with E-state index in [1.165, 1.54) is 18.3 Å². The third-order valence-electron chi connectivity index (χ3n) is 6.81. The third-order valence-corrected chi connectivity index (χ3v) is 7.05. The summed E-state index contributed by atoms with van der Waals surface area (Å²) in [6.45, 7) is 2.50. The van der Waals surface area contributed by atoms with Crippen molar-refractivity contribution in [3.05, 3.63) is 70.9 Å². The van der Waals surface area contributed by atoms with Crippen LogP contribution in [0.2, 0.25) is 5.02 Å². The highest BCUT2D eigenvalue weighted by Crippen LogP contribution is 2.36. The summed E-state index contributed by atoms with van der Waals surface area (Å²) in [6, 6.07) is 12.9. The van der Waals surface area contributed by atoms with Crippen LogP contribution in [0.5, 0.6) is 5.88 Å². The van der Waals surface area contributed by atoms with Gasteiger partial charge in [-0.15, -0.1) is 0 Å². The number of likely N-dealkylation sites (N-methyl/N-ethyl adjacent to an activating group) is 1. The number of pyridine rings is 1. The van der Waals surface area contributed by atoms with Crippen LogP contribution in [0.4, 0.5) is 14.5 Å². The molecule has 1 saturated heterocycles. The lowest BCUT2D eigenvalue weighted by Crippen LogP contribution is -2.47. The van der Waals surface area contributed by atoms with Crippen molar-refractivity contribution in [2.45, 2.75) is 12.0 Å². The van der Waals surface area contributed by atoms with E-state index in [4.69, 9.17) is 11.6 Å². The summed E-state index contributed by atoms with van der Waals surface area (Å²) in [6.07, 6.45) is 0.560. The van der Waals surface area contributed by atoms with Crippen molar-refractivity contribution in [3.8, 4) is 17.3 Å². The molecule has 0 aliphatic carbocycles. The molecule has 2 aromatic carbocycles. The smallest absolute Gasteiger partial charge is 0.285 e. The number of aromatic hydroxyl groups is 1. The minimum Gasteiger partial charge on any atom is -0.493 e. The van der Waals surface area contributed by atoms with Crippen molar-refractivity contribution in [3.63, 3.8) is 0 Å². The van der Waals surface area contributed by atoms with Crippen molar-refractivity contribution in [2.75, 3.05) is 51.6 Å². The Kier molecular flexibility index (Phi) is 7.49. The van der Waals surface area contributed by atoms with Crippen molar-refractivity contribution >= 4 is 28.3 Å². The molecular formula is C27H29ClF2N6O2. The monoisotopic (exact) mass is 542 g/mol. The van der Waals surface area contributed by atoms with E-state index in [-0.39, 0.29) is 35.9 Å². The van der Waals surface area contributed by atoms with E-state index in [0.717, 1.165) is 13.1 Å². The lowest BCUT2D eigenvalue weighted by Gasteiger charge is -2.34. The van der Waals surface area contributed by atoms with Crippen molar-refractivity contribution in [1.82, 2.24) is 24.8 Å². The normalized spacial score (nSPS) is 16.1. The number of hydrogen-bond acceptors (Lipinski definition) is 7. The number of hydrogen-bond donors (Lipinski definition) is 4. The molecule has 0 spiro atoms. The zero-order valence-electron chi connectivity index (χ0n) is 20.8. The number of alkyl halides is 2. The van der Waals surface area contributed by atoms with Crippen molar-refractivity contribution in [1.29, 1.82) is 0 Å². The number of nitrogens with zero attached hydrogens (tertiary/aromatic N) is 4. The number of benzene rings is 2. The van der Waals surface area contributed by atoms with E-state index in [2.05, 4.69) is 25.2 Å². The molecular weight excluding hydrogens is 514 g/mol. The number of halogens is 3. The summed E-state index contributed by atoms with van der Waals surface area (Å²) in [5, 5.41) is 24.8. The Morgan fingerprint density at radius 3 is 2.68 bits per heavy atom. The molecule has 5 rings (SSSR count). The number of H-pyrrole nitrogens is 1. The van der Waals surface area contributed by atoms with Crippen molar-refractivity contribution in [2.24, 2.45) is 0 Å². The first-order chi connectivity index (χ1) is 18.2. The molecule has 0 saturated carbocycles. The first-order valence-electron chi connectivity index (χ1n) is 12.3. The number of imidazole rings is 1.